The molecular weight excluding hydrogens is 508 g/mol. The van der Waals surface area contributed by atoms with Crippen molar-refractivity contribution in [2.24, 2.45) is 5.73 Å². The normalized spacial score (nSPS) is 13.2. The molecule has 0 bridgehead atoms. The number of nitrogens with one attached hydrogen (secondary N) is 2. The molecule has 0 saturated carbocycles. The Morgan fingerprint density at radius 2 is 1.43 bits per heavy atom. The van der Waals surface area contributed by atoms with Gasteiger partial charge in [0, 0.05) is 11.2 Å². The molecule has 0 fully saturated rings. The van der Waals surface area contributed by atoms with Crippen molar-refractivity contribution in [1.29, 1.82) is 0 Å². The molecule has 0 aromatic heterocycles. The van der Waals surface area contributed by atoms with Gasteiger partial charge in [-0.3, -0.25) is 14.4 Å². The second kappa shape index (κ2) is 12.5. The van der Waals surface area contributed by atoms with E-state index in [1.165, 1.54) is 4.90 Å². The first-order chi connectivity index (χ1) is 18.3. The zero-order valence-corrected chi connectivity index (χ0v) is 25.4. The molecule has 4 N–H and O–H groups in total. The number of alkyl carbamates (subject to hydrolysis) is 1. The van der Waals surface area contributed by atoms with Crippen LogP contribution >= 0.6 is 0 Å². The van der Waals surface area contributed by atoms with Gasteiger partial charge in [-0.2, -0.15) is 0 Å². The SMILES string of the molecule is Cc1cc(C)cc(C(C(=O)Nc2c(C)cccc2C)N(C(=O)C(CC(N)=O)NC(=O)OC(C)(C)C)C(C)(C)C)c1. The Balaban J connectivity index is 2.69. The second-order valence-corrected chi connectivity index (χ2v) is 12.3. The van der Waals surface area contributed by atoms with Gasteiger partial charge in [0.05, 0.1) is 6.42 Å². The minimum absolute atomic E-state index is 0.430. The minimum Gasteiger partial charge on any atom is -0.444 e. The number of nitrogens with zero attached hydrogens (tertiary/aromatic N) is 1. The zero-order chi connectivity index (χ0) is 30.6. The van der Waals surface area contributed by atoms with E-state index in [1.54, 1.807) is 41.5 Å². The van der Waals surface area contributed by atoms with Gasteiger partial charge in [-0.25, -0.2) is 4.79 Å². The van der Waals surface area contributed by atoms with Crippen LogP contribution in [0.2, 0.25) is 0 Å². The van der Waals surface area contributed by atoms with E-state index in [0.29, 0.717) is 11.3 Å². The third-order valence-electron chi connectivity index (χ3n) is 6.15. The first kappa shape index (κ1) is 32.3. The van der Waals surface area contributed by atoms with Gasteiger partial charge < -0.3 is 26.0 Å². The van der Waals surface area contributed by atoms with Crippen molar-refractivity contribution >= 4 is 29.5 Å². The number of ether oxygens (including phenoxy) is 1. The number of primary amides is 1. The van der Waals surface area contributed by atoms with E-state index < -0.39 is 53.5 Å². The highest BCUT2D eigenvalue weighted by Crippen LogP contribution is 2.33. The maximum absolute atomic E-state index is 14.3. The van der Waals surface area contributed by atoms with E-state index in [9.17, 15) is 19.2 Å². The molecule has 2 atom stereocenters. The fraction of sp³-hybridized carbons (Fsp3) is 0.484. The van der Waals surface area contributed by atoms with Crippen LogP contribution < -0.4 is 16.4 Å². The predicted octanol–water partition coefficient (Wildman–Crippen LogP) is 5.00. The third kappa shape index (κ3) is 8.83. The number of hydrogen-bond donors (Lipinski definition) is 3. The fourth-order valence-electron chi connectivity index (χ4n) is 4.65. The quantitative estimate of drug-likeness (QED) is 0.424. The number of aryl methyl sites for hydroxylation is 4. The van der Waals surface area contributed by atoms with Gasteiger partial charge in [0.2, 0.25) is 11.8 Å². The van der Waals surface area contributed by atoms with Crippen LogP contribution in [0.1, 0.15) is 81.8 Å². The number of anilines is 1. The summed E-state index contributed by atoms with van der Waals surface area (Å²) in [6.45, 7) is 18.1. The number of carbonyl (C=O) groups is 4. The number of nitrogens with two attached hydrogens (primary N) is 1. The number of amides is 4. The van der Waals surface area contributed by atoms with Crippen molar-refractivity contribution < 1.29 is 23.9 Å². The largest absolute Gasteiger partial charge is 0.444 e. The Morgan fingerprint density at radius 1 is 0.900 bits per heavy atom. The fourth-order valence-corrected chi connectivity index (χ4v) is 4.65. The summed E-state index contributed by atoms with van der Waals surface area (Å²) < 4.78 is 5.34. The van der Waals surface area contributed by atoms with Crippen LogP contribution in [0.4, 0.5) is 10.5 Å². The lowest BCUT2D eigenvalue weighted by molar-refractivity contribution is -0.147. The van der Waals surface area contributed by atoms with Gasteiger partial charge in [0.15, 0.2) is 0 Å². The molecule has 0 aliphatic carbocycles. The molecule has 0 aliphatic heterocycles. The Hall–Kier alpha value is -3.88. The van der Waals surface area contributed by atoms with Gasteiger partial charge >= 0.3 is 6.09 Å². The molecular formula is C31H44N4O5. The van der Waals surface area contributed by atoms with E-state index in [0.717, 1.165) is 22.3 Å². The van der Waals surface area contributed by atoms with Crippen molar-refractivity contribution in [3.05, 3.63) is 64.2 Å². The van der Waals surface area contributed by atoms with Crippen molar-refractivity contribution in [2.75, 3.05) is 5.32 Å². The summed E-state index contributed by atoms with van der Waals surface area (Å²) in [5.74, 6) is -1.86. The number of rotatable bonds is 8. The van der Waals surface area contributed by atoms with E-state index in [-0.39, 0.29) is 0 Å². The summed E-state index contributed by atoms with van der Waals surface area (Å²) in [5.41, 5.74) is 8.58. The van der Waals surface area contributed by atoms with Crippen molar-refractivity contribution in [2.45, 2.75) is 98.9 Å². The summed E-state index contributed by atoms with van der Waals surface area (Å²) in [7, 11) is 0. The van der Waals surface area contributed by atoms with Crippen LogP contribution in [0, 0.1) is 27.7 Å². The van der Waals surface area contributed by atoms with Crippen LogP contribution in [0.25, 0.3) is 0 Å². The lowest BCUT2D eigenvalue weighted by atomic mass is 9.93. The molecule has 0 heterocycles. The highest BCUT2D eigenvalue weighted by molar-refractivity contribution is 6.00. The molecule has 9 heteroatoms. The van der Waals surface area contributed by atoms with E-state index in [4.69, 9.17) is 10.5 Å². The first-order valence-corrected chi connectivity index (χ1v) is 13.4. The second-order valence-electron chi connectivity index (χ2n) is 12.3. The molecule has 0 saturated heterocycles. The topological polar surface area (TPSA) is 131 Å². The Labute approximate surface area is 237 Å². The highest BCUT2D eigenvalue weighted by Gasteiger charge is 2.42. The maximum Gasteiger partial charge on any atom is 0.408 e. The molecule has 2 rings (SSSR count). The minimum atomic E-state index is -1.35. The number of para-hydroxylation sites is 1. The monoisotopic (exact) mass is 552 g/mol. The summed E-state index contributed by atoms with van der Waals surface area (Å²) in [6, 6.07) is 8.95. The highest BCUT2D eigenvalue weighted by atomic mass is 16.6. The standard InChI is InChI=1S/C31H44N4O5/c1-18-14-19(2)16-22(15-18)26(27(37)34-25-20(3)12-11-13-21(25)4)35(30(5,6)7)28(38)23(17-24(32)36)33-29(39)40-31(8,9)10/h11-16,23,26H,17H2,1-10H3,(H2,32,36)(H,33,39)(H,34,37). The van der Waals surface area contributed by atoms with Crippen molar-refractivity contribution in [3.8, 4) is 0 Å². The van der Waals surface area contributed by atoms with Gasteiger partial charge in [-0.15, -0.1) is 0 Å². The molecule has 40 heavy (non-hydrogen) atoms. The van der Waals surface area contributed by atoms with Gasteiger partial charge in [0.25, 0.3) is 5.91 Å². The molecule has 9 nitrogen and oxygen atoms in total. The number of benzene rings is 2. The molecule has 2 aromatic carbocycles. The Bertz CT molecular complexity index is 1230. The molecule has 4 amide bonds. The van der Waals surface area contributed by atoms with Gasteiger partial charge in [0.1, 0.15) is 17.7 Å². The summed E-state index contributed by atoms with van der Waals surface area (Å²) >= 11 is 0. The zero-order valence-electron chi connectivity index (χ0n) is 25.4. The summed E-state index contributed by atoms with van der Waals surface area (Å²) in [5, 5.41) is 5.55. The lowest BCUT2D eigenvalue weighted by Gasteiger charge is -2.43. The molecule has 2 aromatic rings. The van der Waals surface area contributed by atoms with Crippen LogP contribution in [-0.2, 0) is 19.1 Å². The molecule has 0 spiro atoms. The van der Waals surface area contributed by atoms with Crippen LogP contribution in [0.5, 0.6) is 0 Å². The number of hydrogen-bond acceptors (Lipinski definition) is 5. The van der Waals surface area contributed by atoms with E-state index in [1.807, 2.05) is 64.1 Å². The summed E-state index contributed by atoms with van der Waals surface area (Å²) in [4.78, 5) is 54.5. The van der Waals surface area contributed by atoms with Gasteiger partial charge in [-0.05, 0) is 85.9 Å². The Kier molecular flexibility index (Phi) is 10.1. The maximum atomic E-state index is 14.3. The number of carbonyl (C=O) groups excluding carboxylic acids is 4. The summed E-state index contributed by atoms with van der Waals surface area (Å²) in [6.07, 6.45) is -1.34. The van der Waals surface area contributed by atoms with Gasteiger partial charge in [-0.1, -0.05) is 47.5 Å². The van der Waals surface area contributed by atoms with E-state index in [2.05, 4.69) is 10.6 Å². The average molecular weight is 553 g/mol. The van der Waals surface area contributed by atoms with E-state index >= 15 is 0 Å². The lowest BCUT2D eigenvalue weighted by Crippen LogP contribution is -2.58. The van der Waals surface area contributed by atoms with Crippen LogP contribution in [0.15, 0.2) is 36.4 Å². The Morgan fingerprint density at radius 3 is 1.88 bits per heavy atom. The molecule has 2 unspecified atom stereocenters. The first-order valence-electron chi connectivity index (χ1n) is 13.4. The predicted molar refractivity (Wildman–Crippen MR) is 157 cm³/mol. The van der Waals surface area contributed by atoms with Crippen molar-refractivity contribution in [3.63, 3.8) is 0 Å². The third-order valence-corrected chi connectivity index (χ3v) is 6.15. The van der Waals surface area contributed by atoms with Crippen LogP contribution in [0.3, 0.4) is 0 Å². The molecule has 218 valence electrons. The smallest absolute Gasteiger partial charge is 0.408 e. The molecule has 0 radical (unpaired) electrons. The van der Waals surface area contributed by atoms with Crippen molar-refractivity contribution in [1.82, 2.24) is 10.2 Å². The average Bonchev–Trinajstić information content (AvgIpc) is 2.75. The molecule has 0 aliphatic rings. The van der Waals surface area contributed by atoms with Crippen LogP contribution in [-0.4, -0.2) is 45.9 Å².